The summed E-state index contributed by atoms with van der Waals surface area (Å²) >= 11 is 3.28. The van der Waals surface area contributed by atoms with Crippen LogP contribution in [0.25, 0.3) is 10.8 Å². The van der Waals surface area contributed by atoms with Gasteiger partial charge in [-0.2, -0.15) is 0 Å². The van der Waals surface area contributed by atoms with Gasteiger partial charge in [0.1, 0.15) is 0 Å². The van der Waals surface area contributed by atoms with Gasteiger partial charge in [0.05, 0.1) is 20.9 Å². The molecule has 4 rings (SSSR count). The normalized spacial score (nSPS) is 14.7. The molecule has 0 saturated carbocycles. The van der Waals surface area contributed by atoms with Gasteiger partial charge >= 0.3 is 0 Å². The van der Waals surface area contributed by atoms with E-state index in [0.717, 1.165) is 22.0 Å². The highest BCUT2D eigenvalue weighted by molar-refractivity contribution is 8.14. The quantitative estimate of drug-likeness (QED) is 0.688. The molecule has 3 heterocycles. The molecular formula is C16H13N3OS2. The predicted molar refractivity (Wildman–Crippen MR) is 90.9 cm³/mol. The maximum Gasteiger partial charge on any atom is 0.257 e. The zero-order chi connectivity index (χ0) is 14.9. The number of benzene rings is 1. The van der Waals surface area contributed by atoms with Gasteiger partial charge in [0.15, 0.2) is 0 Å². The highest BCUT2D eigenvalue weighted by Gasteiger charge is 2.21. The van der Waals surface area contributed by atoms with Crippen molar-refractivity contribution in [1.82, 2.24) is 10.2 Å². The van der Waals surface area contributed by atoms with Crippen molar-refractivity contribution in [2.45, 2.75) is 18.6 Å². The average Bonchev–Trinajstić information content (AvgIpc) is 3.26. The van der Waals surface area contributed by atoms with Crippen molar-refractivity contribution in [2.24, 2.45) is 4.99 Å². The molecule has 110 valence electrons. The van der Waals surface area contributed by atoms with Gasteiger partial charge in [0, 0.05) is 6.42 Å². The zero-order valence-corrected chi connectivity index (χ0v) is 13.5. The van der Waals surface area contributed by atoms with Gasteiger partial charge in [-0.3, -0.25) is 0 Å². The summed E-state index contributed by atoms with van der Waals surface area (Å²) in [5.74, 6) is 1.24. The summed E-state index contributed by atoms with van der Waals surface area (Å²) in [6.45, 7) is 2.07. The summed E-state index contributed by atoms with van der Waals surface area (Å²) in [6, 6.07) is 12.2. The Bertz CT molecular complexity index is 824. The molecule has 1 atom stereocenters. The molecule has 3 aromatic rings. The second-order valence-corrected chi connectivity index (χ2v) is 7.36. The van der Waals surface area contributed by atoms with E-state index in [0.29, 0.717) is 11.8 Å². The van der Waals surface area contributed by atoms with Crippen molar-refractivity contribution in [2.75, 3.05) is 0 Å². The van der Waals surface area contributed by atoms with Gasteiger partial charge in [0.2, 0.25) is 5.89 Å². The maximum atomic E-state index is 5.79. The minimum atomic E-state index is 0.0919. The topological polar surface area (TPSA) is 51.3 Å². The van der Waals surface area contributed by atoms with Crippen LogP contribution in [-0.2, 0) is 6.42 Å². The lowest BCUT2D eigenvalue weighted by molar-refractivity contribution is 0.510. The monoisotopic (exact) mass is 327 g/mol. The number of thioether (sulfide) groups is 1. The molecule has 1 aliphatic heterocycles. The number of hydrogen-bond donors (Lipinski definition) is 0. The highest BCUT2D eigenvalue weighted by Crippen LogP contribution is 2.37. The first-order valence-electron chi connectivity index (χ1n) is 6.99. The van der Waals surface area contributed by atoms with Crippen LogP contribution in [0.3, 0.4) is 0 Å². The third kappa shape index (κ3) is 2.60. The summed E-state index contributed by atoms with van der Waals surface area (Å²) in [7, 11) is 0. The third-order valence-electron chi connectivity index (χ3n) is 3.41. The molecule has 0 fully saturated rings. The first kappa shape index (κ1) is 13.7. The molecule has 4 nitrogen and oxygen atoms in total. The smallest absolute Gasteiger partial charge is 0.257 e. The molecule has 0 amide bonds. The third-order valence-corrected chi connectivity index (χ3v) is 5.33. The molecule has 0 spiro atoms. The Hall–Kier alpha value is -1.92. The summed E-state index contributed by atoms with van der Waals surface area (Å²) < 4.78 is 5.79. The minimum Gasteiger partial charge on any atom is -0.419 e. The van der Waals surface area contributed by atoms with Crippen LogP contribution in [0.15, 0.2) is 51.2 Å². The molecule has 1 aliphatic rings. The van der Waals surface area contributed by atoms with Crippen molar-refractivity contribution in [1.29, 1.82) is 0 Å². The van der Waals surface area contributed by atoms with Crippen LogP contribution in [-0.4, -0.2) is 15.2 Å². The Morgan fingerprint density at radius 2 is 2.09 bits per heavy atom. The van der Waals surface area contributed by atoms with E-state index in [9.17, 15) is 0 Å². The van der Waals surface area contributed by atoms with Crippen molar-refractivity contribution in [3.63, 3.8) is 0 Å². The number of aliphatic imine (C=N–C) groups is 1. The number of para-hydroxylation sites is 1. The molecule has 0 N–H and O–H groups in total. The van der Waals surface area contributed by atoms with Crippen LogP contribution in [0.5, 0.6) is 0 Å². The molecular weight excluding hydrogens is 314 g/mol. The SMILES string of the molecule is CC(SC1=Nc2ccccc2C1)c1nnc(-c2cccs2)o1. The molecule has 22 heavy (non-hydrogen) atoms. The van der Waals surface area contributed by atoms with Crippen molar-refractivity contribution >= 4 is 33.8 Å². The summed E-state index contributed by atoms with van der Waals surface area (Å²) in [4.78, 5) is 5.67. The second-order valence-electron chi connectivity index (χ2n) is 4.99. The Morgan fingerprint density at radius 3 is 2.91 bits per heavy atom. The summed E-state index contributed by atoms with van der Waals surface area (Å²) in [5.41, 5.74) is 2.35. The van der Waals surface area contributed by atoms with Crippen LogP contribution < -0.4 is 0 Å². The largest absolute Gasteiger partial charge is 0.419 e. The molecule has 6 heteroatoms. The molecule has 1 unspecified atom stereocenters. The van der Waals surface area contributed by atoms with Crippen LogP contribution in [0.2, 0.25) is 0 Å². The van der Waals surface area contributed by atoms with E-state index in [1.165, 1.54) is 5.56 Å². The van der Waals surface area contributed by atoms with Crippen LogP contribution >= 0.6 is 23.1 Å². The number of hydrogen-bond acceptors (Lipinski definition) is 6. The molecule has 0 radical (unpaired) electrons. The van der Waals surface area contributed by atoms with Crippen LogP contribution in [0, 0.1) is 0 Å². The molecule has 0 saturated heterocycles. The van der Waals surface area contributed by atoms with Gasteiger partial charge in [-0.25, -0.2) is 4.99 Å². The number of fused-ring (bicyclic) bond motifs is 1. The van der Waals surface area contributed by atoms with E-state index in [-0.39, 0.29) is 5.25 Å². The Kier molecular flexibility index (Phi) is 3.56. The fraction of sp³-hybridized carbons (Fsp3) is 0.188. The van der Waals surface area contributed by atoms with E-state index < -0.39 is 0 Å². The summed E-state index contributed by atoms with van der Waals surface area (Å²) in [6.07, 6.45) is 0.886. The van der Waals surface area contributed by atoms with E-state index in [2.05, 4.69) is 40.3 Å². The van der Waals surface area contributed by atoms with E-state index >= 15 is 0 Å². The molecule has 0 aliphatic carbocycles. The van der Waals surface area contributed by atoms with Crippen molar-refractivity contribution in [3.8, 4) is 10.8 Å². The lowest BCUT2D eigenvalue weighted by Gasteiger charge is -2.05. The fourth-order valence-electron chi connectivity index (χ4n) is 2.33. The van der Waals surface area contributed by atoms with Crippen molar-refractivity contribution in [3.05, 3.63) is 53.2 Å². The standard InChI is InChI=1S/C16H13N3OS2/c1-10(15-18-19-16(20-15)13-7-4-8-21-13)22-14-9-11-5-2-3-6-12(11)17-14/h2-8,10H,9H2,1H3. The van der Waals surface area contributed by atoms with Gasteiger partial charge in [0.25, 0.3) is 5.89 Å². The molecule has 0 bridgehead atoms. The minimum absolute atomic E-state index is 0.0919. The first-order chi connectivity index (χ1) is 10.8. The number of nitrogens with zero attached hydrogens (tertiary/aromatic N) is 3. The van der Waals surface area contributed by atoms with Gasteiger partial charge in [-0.15, -0.1) is 21.5 Å². The number of thiophene rings is 1. The first-order valence-corrected chi connectivity index (χ1v) is 8.75. The average molecular weight is 327 g/mol. The lowest BCUT2D eigenvalue weighted by atomic mass is 10.2. The molecule has 2 aromatic heterocycles. The highest BCUT2D eigenvalue weighted by atomic mass is 32.2. The van der Waals surface area contributed by atoms with Crippen molar-refractivity contribution < 1.29 is 4.42 Å². The number of aromatic nitrogens is 2. The summed E-state index contributed by atoms with van der Waals surface area (Å²) in [5, 5.41) is 11.5. The van der Waals surface area contributed by atoms with Gasteiger partial charge in [-0.05, 0) is 30.0 Å². The predicted octanol–water partition coefficient (Wildman–Crippen LogP) is 4.88. The van der Waals surface area contributed by atoms with E-state index in [1.54, 1.807) is 23.1 Å². The Morgan fingerprint density at radius 1 is 1.18 bits per heavy atom. The van der Waals surface area contributed by atoms with E-state index in [1.807, 2.05) is 23.6 Å². The zero-order valence-electron chi connectivity index (χ0n) is 11.9. The van der Waals surface area contributed by atoms with Crippen LogP contribution in [0.1, 0.15) is 23.6 Å². The maximum absolute atomic E-state index is 5.79. The Balaban J connectivity index is 1.49. The number of rotatable bonds is 3. The Labute approximate surface area is 136 Å². The second kappa shape index (κ2) is 5.70. The molecule has 1 aromatic carbocycles. The van der Waals surface area contributed by atoms with E-state index in [4.69, 9.17) is 4.42 Å². The lowest BCUT2D eigenvalue weighted by Crippen LogP contribution is -1.97. The van der Waals surface area contributed by atoms with Gasteiger partial charge < -0.3 is 4.42 Å². The fourth-order valence-corrected chi connectivity index (χ4v) is 3.97. The van der Waals surface area contributed by atoms with Crippen LogP contribution in [0.4, 0.5) is 5.69 Å². The van der Waals surface area contributed by atoms with Gasteiger partial charge in [-0.1, -0.05) is 36.0 Å².